The Morgan fingerprint density at radius 3 is 2.47 bits per heavy atom. The molecule has 0 aromatic rings. The van der Waals surface area contributed by atoms with Crippen molar-refractivity contribution in [2.24, 2.45) is 0 Å². The Hall–Kier alpha value is -0.120. The van der Waals surface area contributed by atoms with Crippen LogP contribution in [0, 0.1) is 0 Å². The van der Waals surface area contributed by atoms with Crippen molar-refractivity contribution >= 4 is 0 Å². The van der Waals surface area contributed by atoms with E-state index in [-0.39, 0.29) is 0 Å². The third kappa shape index (κ3) is 4.73. The molecular weight excluding hydrogens is 234 g/mol. The molecule has 0 radical (unpaired) electrons. The van der Waals surface area contributed by atoms with Crippen molar-refractivity contribution in [1.29, 1.82) is 0 Å². The molecule has 1 atom stereocenters. The maximum absolute atomic E-state index is 3.69. The van der Waals surface area contributed by atoms with Crippen molar-refractivity contribution in [2.75, 3.05) is 39.3 Å². The molecule has 0 aromatic heterocycles. The van der Waals surface area contributed by atoms with Gasteiger partial charge in [0.25, 0.3) is 0 Å². The van der Waals surface area contributed by atoms with Gasteiger partial charge in [-0.05, 0) is 51.7 Å². The summed E-state index contributed by atoms with van der Waals surface area (Å²) in [7, 11) is 0. The van der Waals surface area contributed by atoms with Crippen LogP contribution < -0.4 is 5.32 Å². The molecule has 3 heteroatoms. The third-order valence-corrected chi connectivity index (χ3v) is 5.00. The van der Waals surface area contributed by atoms with E-state index < -0.39 is 0 Å². The summed E-state index contributed by atoms with van der Waals surface area (Å²) in [4.78, 5) is 5.41. The maximum Gasteiger partial charge on any atom is 0.0235 e. The fraction of sp³-hybridized carbons (Fsp3) is 1.00. The van der Waals surface area contributed by atoms with Crippen molar-refractivity contribution in [3.8, 4) is 0 Å². The lowest BCUT2D eigenvalue weighted by atomic mass is 10.1. The number of hydrogen-bond donors (Lipinski definition) is 1. The normalized spacial score (nSPS) is 26.4. The second-order valence-electron chi connectivity index (χ2n) is 6.31. The van der Waals surface area contributed by atoms with E-state index in [2.05, 4.69) is 29.0 Å². The van der Waals surface area contributed by atoms with E-state index in [0.717, 1.165) is 12.1 Å². The van der Waals surface area contributed by atoms with Crippen molar-refractivity contribution < 1.29 is 0 Å². The summed E-state index contributed by atoms with van der Waals surface area (Å²) in [6.07, 6.45) is 8.20. The van der Waals surface area contributed by atoms with E-state index in [1.54, 1.807) is 0 Å². The Kier molecular flexibility index (Phi) is 6.62. The first kappa shape index (κ1) is 15.3. The van der Waals surface area contributed by atoms with Crippen molar-refractivity contribution in [3.63, 3.8) is 0 Å². The average Bonchev–Trinajstić information content (AvgIpc) is 2.93. The Balaban J connectivity index is 1.61. The molecule has 2 heterocycles. The predicted octanol–water partition coefficient (Wildman–Crippen LogP) is 2.32. The largest absolute Gasteiger partial charge is 0.313 e. The lowest BCUT2D eigenvalue weighted by Gasteiger charge is -2.32. The molecular formula is C16H33N3. The molecule has 2 rings (SSSR count). The zero-order chi connectivity index (χ0) is 13.5. The number of hydrogen-bond acceptors (Lipinski definition) is 3. The summed E-state index contributed by atoms with van der Waals surface area (Å²) < 4.78 is 0. The Morgan fingerprint density at radius 1 is 1.05 bits per heavy atom. The number of nitrogens with zero attached hydrogens (tertiary/aromatic N) is 2. The maximum atomic E-state index is 3.69. The van der Waals surface area contributed by atoms with Gasteiger partial charge in [0, 0.05) is 31.7 Å². The van der Waals surface area contributed by atoms with Crippen LogP contribution in [-0.4, -0.2) is 61.2 Å². The second-order valence-corrected chi connectivity index (χ2v) is 6.31. The molecule has 1 unspecified atom stereocenters. The van der Waals surface area contributed by atoms with Gasteiger partial charge in [-0.1, -0.05) is 20.3 Å². The van der Waals surface area contributed by atoms with Gasteiger partial charge in [-0.15, -0.1) is 0 Å². The molecule has 1 N–H and O–H groups in total. The summed E-state index contributed by atoms with van der Waals surface area (Å²) in [6, 6.07) is 1.58. The minimum absolute atomic E-state index is 0.723. The standard InChI is InChI=1S/C16H33N3/c1-3-15(4-2)17-9-13-18-12-8-16(14-18)19-10-6-5-7-11-19/h15-17H,3-14H2,1-2H3. The van der Waals surface area contributed by atoms with E-state index in [0.29, 0.717) is 0 Å². The SMILES string of the molecule is CCC(CC)NCCN1CCC(N2CCCCC2)C1. The van der Waals surface area contributed by atoms with Crippen LogP contribution in [0.25, 0.3) is 0 Å². The van der Waals surface area contributed by atoms with Gasteiger partial charge in [0.2, 0.25) is 0 Å². The van der Waals surface area contributed by atoms with Crippen LogP contribution in [0.4, 0.5) is 0 Å². The van der Waals surface area contributed by atoms with Gasteiger partial charge in [0.1, 0.15) is 0 Å². The van der Waals surface area contributed by atoms with Crippen molar-refractivity contribution in [3.05, 3.63) is 0 Å². The van der Waals surface area contributed by atoms with Gasteiger partial charge < -0.3 is 10.2 Å². The van der Waals surface area contributed by atoms with Crippen molar-refractivity contribution in [1.82, 2.24) is 15.1 Å². The van der Waals surface area contributed by atoms with Gasteiger partial charge in [0.15, 0.2) is 0 Å². The van der Waals surface area contributed by atoms with Gasteiger partial charge >= 0.3 is 0 Å². The highest BCUT2D eigenvalue weighted by molar-refractivity contribution is 4.85. The lowest BCUT2D eigenvalue weighted by Crippen LogP contribution is -2.42. The average molecular weight is 267 g/mol. The highest BCUT2D eigenvalue weighted by atomic mass is 15.3. The minimum atomic E-state index is 0.723. The first-order chi connectivity index (χ1) is 9.33. The topological polar surface area (TPSA) is 18.5 Å². The summed E-state index contributed by atoms with van der Waals surface area (Å²) in [5.74, 6) is 0. The smallest absolute Gasteiger partial charge is 0.0235 e. The Bertz CT molecular complexity index is 234. The van der Waals surface area contributed by atoms with Crippen LogP contribution in [0.15, 0.2) is 0 Å². The molecule has 3 nitrogen and oxygen atoms in total. The fourth-order valence-electron chi connectivity index (χ4n) is 3.60. The highest BCUT2D eigenvalue weighted by Gasteiger charge is 2.27. The van der Waals surface area contributed by atoms with Gasteiger partial charge in [-0.3, -0.25) is 4.90 Å². The number of rotatable bonds is 7. The lowest BCUT2D eigenvalue weighted by molar-refractivity contribution is 0.162. The molecule has 0 amide bonds. The van der Waals surface area contributed by atoms with Crippen LogP contribution in [-0.2, 0) is 0 Å². The van der Waals surface area contributed by atoms with E-state index in [1.807, 2.05) is 0 Å². The Morgan fingerprint density at radius 2 is 1.79 bits per heavy atom. The van der Waals surface area contributed by atoms with E-state index in [9.17, 15) is 0 Å². The monoisotopic (exact) mass is 267 g/mol. The summed E-state index contributed by atoms with van der Waals surface area (Å²) in [5, 5.41) is 3.69. The molecule has 2 saturated heterocycles. The number of likely N-dealkylation sites (tertiary alicyclic amines) is 2. The molecule has 0 aromatic carbocycles. The molecule has 2 aliphatic rings. The molecule has 2 aliphatic heterocycles. The van der Waals surface area contributed by atoms with Crippen LogP contribution >= 0.6 is 0 Å². The minimum Gasteiger partial charge on any atom is -0.313 e. The van der Waals surface area contributed by atoms with Crippen LogP contribution in [0.5, 0.6) is 0 Å². The third-order valence-electron chi connectivity index (χ3n) is 5.00. The predicted molar refractivity (Wildman–Crippen MR) is 82.6 cm³/mol. The van der Waals surface area contributed by atoms with E-state index in [1.165, 1.54) is 77.8 Å². The zero-order valence-electron chi connectivity index (χ0n) is 13.0. The molecule has 0 bridgehead atoms. The van der Waals surface area contributed by atoms with Gasteiger partial charge in [-0.2, -0.15) is 0 Å². The first-order valence-electron chi connectivity index (χ1n) is 8.53. The van der Waals surface area contributed by atoms with Crippen LogP contribution in [0.2, 0.25) is 0 Å². The number of piperidine rings is 1. The van der Waals surface area contributed by atoms with Gasteiger partial charge in [-0.25, -0.2) is 0 Å². The molecule has 112 valence electrons. The quantitative estimate of drug-likeness (QED) is 0.764. The van der Waals surface area contributed by atoms with Crippen molar-refractivity contribution in [2.45, 2.75) is 64.5 Å². The highest BCUT2D eigenvalue weighted by Crippen LogP contribution is 2.19. The van der Waals surface area contributed by atoms with E-state index in [4.69, 9.17) is 0 Å². The Labute approximate surface area is 119 Å². The molecule has 2 fully saturated rings. The second kappa shape index (κ2) is 8.23. The summed E-state index contributed by atoms with van der Waals surface area (Å²) in [6.45, 7) is 12.3. The van der Waals surface area contributed by atoms with Gasteiger partial charge in [0.05, 0.1) is 0 Å². The zero-order valence-corrected chi connectivity index (χ0v) is 13.0. The molecule has 0 spiro atoms. The fourth-order valence-corrected chi connectivity index (χ4v) is 3.60. The number of nitrogens with one attached hydrogen (secondary N) is 1. The molecule has 0 aliphatic carbocycles. The van der Waals surface area contributed by atoms with Crippen LogP contribution in [0.3, 0.4) is 0 Å². The molecule has 0 saturated carbocycles. The first-order valence-corrected chi connectivity index (χ1v) is 8.53. The molecule has 19 heavy (non-hydrogen) atoms. The van der Waals surface area contributed by atoms with E-state index >= 15 is 0 Å². The summed E-state index contributed by atoms with van der Waals surface area (Å²) in [5.41, 5.74) is 0. The van der Waals surface area contributed by atoms with Crippen LogP contribution in [0.1, 0.15) is 52.4 Å². The summed E-state index contributed by atoms with van der Waals surface area (Å²) >= 11 is 0.